The number of fused-ring (bicyclic) bond motifs is 1. The van der Waals surface area contributed by atoms with E-state index < -0.39 is 0 Å². The highest BCUT2D eigenvalue weighted by molar-refractivity contribution is 5.79. The van der Waals surface area contributed by atoms with Gasteiger partial charge < -0.3 is 5.32 Å². The summed E-state index contributed by atoms with van der Waals surface area (Å²) in [5.41, 5.74) is 3.56. The first-order valence-electron chi connectivity index (χ1n) is 7.85. The molecule has 2 nitrogen and oxygen atoms in total. The van der Waals surface area contributed by atoms with Gasteiger partial charge in [-0.05, 0) is 43.7 Å². The van der Waals surface area contributed by atoms with Gasteiger partial charge in [0.15, 0.2) is 0 Å². The van der Waals surface area contributed by atoms with E-state index in [0.717, 1.165) is 17.8 Å². The first kappa shape index (κ1) is 15.0. The van der Waals surface area contributed by atoms with E-state index in [1.54, 1.807) is 0 Å². The highest BCUT2D eigenvalue weighted by atomic mass is 14.9. The predicted octanol–water partition coefficient (Wildman–Crippen LogP) is 4.77. The summed E-state index contributed by atoms with van der Waals surface area (Å²) in [4.78, 5) is 4.58. The van der Waals surface area contributed by atoms with Crippen molar-refractivity contribution in [1.29, 1.82) is 0 Å². The lowest BCUT2D eigenvalue weighted by atomic mass is 9.98. The fourth-order valence-electron chi connectivity index (χ4n) is 2.69. The van der Waals surface area contributed by atoms with Crippen LogP contribution in [-0.2, 0) is 0 Å². The van der Waals surface area contributed by atoms with Gasteiger partial charge in [0.05, 0.1) is 5.52 Å². The van der Waals surface area contributed by atoms with Crippen LogP contribution in [0.1, 0.15) is 56.8 Å². The molecule has 1 heterocycles. The molecule has 2 aromatic rings. The third kappa shape index (κ3) is 3.80. The van der Waals surface area contributed by atoms with E-state index in [1.807, 2.05) is 6.92 Å². The molecule has 0 aliphatic rings. The Morgan fingerprint density at radius 2 is 1.95 bits per heavy atom. The molecule has 0 aliphatic heterocycles. The summed E-state index contributed by atoms with van der Waals surface area (Å²) in [6.07, 6.45) is 5.10. The molecule has 0 saturated carbocycles. The quantitative estimate of drug-likeness (QED) is 0.733. The Labute approximate surface area is 122 Å². The summed E-state index contributed by atoms with van der Waals surface area (Å²) < 4.78 is 0. The van der Waals surface area contributed by atoms with E-state index in [9.17, 15) is 0 Å². The average Bonchev–Trinajstić information content (AvgIpc) is 2.46. The molecule has 1 aromatic carbocycles. The minimum absolute atomic E-state index is 0.470. The van der Waals surface area contributed by atoms with Crippen LogP contribution in [0, 0.1) is 6.92 Å². The van der Waals surface area contributed by atoms with E-state index >= 15 is 0 Å². The number of rotatable bonds is 7. The van der Waals surface area contributed by atoms with Crippen LogP contribution in [0.4, 0.5) is 0 Å². The highest BCUT2D eigenvalue weighted by Gasteiger charge is 2.10. The summed E-state index contributed by atoms with van der Waals surface area (Å²) in [6, 6.07) is 11.4. The van der Waals surface area contributed by atoms with Crippen LogP contribution in [0.2, 0.25) is 0 Å². The number of unbranched alkanes of at least 4 members (excludes halogenated alkanes) is 2. The molecule has 0 amide bonds. The van der Waals surface area contributed by atoms with Crippen LogP contribution in [-0.4, -0.2) is 11.5 Å². The number of hydrogen-bond donors (Lipinski definition) is 1. The normalized spacial score (nSPS) is 12.8. The topological polar surface area (TPSA) is 24.9 Å². The maximum absolute atomic E-state index is 4.58. The lowest BCUT2D eigenvalue weighted by molar-refractivity contribution is 0.487. The van der Waals surface area contributed by atoms with E-state index in [4.69, 9.17) is 0 Å². The monoisotopic (exact) mass is 270 g/mol. The highest BCUT2D eigenvalue weighted by Crippen LogP contribution is 2.23. The summed E-state index contributed by atoms with van der Waals surface area (Å²) in [5, 5.41) is 4.86. The van der Waals surface area contributed by atoms with Gasteiger partial charge in [-0.1, -0.05) is 45.2 Å². The fourth-order valence-corrected chi connectivity index (χ4v) is 2.69. The van der Waals surface area contributed by atoms with Gasteiger partial charge in [0, 0.05) is 17.1 Å². The number of benzene rings is 1. The van der Waals surface area contributed by atoms with Gasteiger partial charge >= 0.3 is 0 Å². The van der Waals surface area contributed by atoms with Gasteiger partial charge in [-0.3, -0.25) is 4.98 Å². The maximum Gasteiger partial charge on any atom is 0.0705 e. The van der Waals surface area contributed by atoms with Gasteiger partial charge in [0.25, 0.3) is 0 Å². The maximum atomic E-state index is 4.58. The van der Waals surface area contributed by atoms with E-state index in [2.05, 4.69) is 54.5 Å². The van der Waals surface area contributed by atoms with Crippen molar-refractivity contribution < 1.29 is 0 Å². The first-order valence-corrected chi connectivity index (χ1v) is 7.85. The first-order chi connectivity index (χ1) is 9.74. The zero-order valence-corrected chi connectivity index (χ0v) is 12.9. The summed E-state index contributed by atoms with van der Waals surface area (Å²) >= 11 is 0. The van der Waals surface area contributed by atoms with Crippen LogP contribution in [0.3, 0.4) is 0 Å². The summed E-state index contributed by atoms with van der Waals surface area (Å²) in [7, 11) is 0. The molecule has 0 aliphatic carbocycles. The third-order valence-corrected chi connectivity index (χ3v) is 3.80. The SMILES string of the molecule is CCCCCC(NCC)c1ccc2nc(C)ccc2c1. The van der Waals surface area contributed by atoms with Crippen molar-refractivity contribution >= 4 is 10.9 Å². The molecule has 1 N–H and O–H groups in total. The van der Waals surface area contributed by atoms with Crippen molar-refractivity contribution in [2.24, 2.45) is 0 Å². The van der Waals surface area contributed by atoms with Crippen molar-refractivity contribution in [3.8, 4) is 0 Å². The lowest BCUT2D eigenvalue weighted by Gasteiger charge is -2.18. The molecular formula is C18H26N2. The molecule has 2 rings (SSSR count). The Kier molecular flexibility index (Phi) is 5.54. The zero-order chi connectivity index (χ0) is 14.4. The Morgan fingerprint density at radius 3 is 2.70 bits per heavy atom. The van der Waals surface area contributed by atoms with E-state index in [1.165, 1.54) is 36.6 Å². The Hall–Kier alpha value is -1.41. The van der Waals surface area contributed by atoms with Crippen LogP contribution < -0.4 is 5.32 Å². The average molecular weight is 270 g/mol. The molecule has 0 radical (unpaired) electrons. The number of nitrogens with one attached hydrogen (secondary N) is 1. The second kappa shape index (κ2) is 7.39. The van der Waals surface area contributed by atoms with Gasteiger partial charge in [-0.2, -0.15) is 0 Å². The van der Waals surface area contributed by atoms with Crippen molar-refractivity contribution in [1.82, 2.24) is 10.3 Å². The van der Waals surface area contributed by atoms with E-state index in [0.29, 0.717) is 6.04 Å². The summed E-state index contributed by atoms with van der Waals surface area (Å²) in [6.45, 7) is 7.49. The van der Waals surface area contributed by atoms with Crippen molar-refractivity contribution in [3.63, 3.8) is 0 Å². The molecule has 2 heteroatoms. The van der Waals surface area contributed by atoms with Crippen LogP contribution >= 0.6 is 0 Å². The second-order valence-electron chi connectivity index (χ2n) is 5.51. The van der Waals surface area contributed by atoms with Gasteiger partial charge in [0.1, 0.15) is 0 Å². The molecule has 108 valence electrons. The Bertz CT molecular complexity index is 548. The molecule has 20 heavy (non-hydrogen) atoms. The number of pyridine rings is 1. The standard InChI is InChI=1S/C18H26N2/c1-4-6-7-8-17(19-5-2)15-11-12-18-16(13-15)10-9-14(3)20-18/h9-13,17,19H,4-8H2,1-3H3. The van der Waals surface area contributed by atoms with Gasteiger partial charge in [-0.15, -0.1) is 0 Å². The molecule has 1 atom stereocenters. The predicted molar refractivity (Wildman–Crippen MR) is 87.0 cm³/mol. The fraction of sp³-hybridized carbons (Fsp3) is 0.500. The number of aromatic nitrogens is 1. The Morgan fingerprint density at radius 1 is 1.10 bits per heavy atom. The Balaban J connectivity index is 2.21. The van der Waals surface area contributed by atoms with Crippen LogP contribution in [0.25, 0.3) is 10.9 Å². The molecule has 1 aromatic heterocycles. The number of aryl methyl sites for hydroxylation is 1. The van der Waals surface area contributed by atoms with Gasteiger partial charge in [0.2, 0.25) is 0 Å². The summed E-state index contributed by atoms with van der Waals surface area (Å²) in [5.74, 6) is 0. The molecular weight excluding hydrogens is 244 g/mol. The van der Waals surface area contributed by atoms with Crippen molar-refractivity contribution in [2.75, 3.05) is 6.54 Å². The molecule has 0 bridgehead atoms. The lowest BCUT2D eigenvalue weighted by Crippen LogP contribution is -2.20. The largest absolute Gasteiger partial charge is 0.310 e. The number of nitrogens with zero attached hydrogens (tertiary/aromatic N) is 1. The van der Waals surface area contributed by atoms with Crippen molar-refractivity contribution in [3.05, 3.63) is 41.6 Å². The zero-order valence-electron chi connectivity index (χ0n) is 12.9. The number of hydrogen-bond acceptors (Lipinski definition) is 2. The van der Waals surface area contributed by atoms with Crippen LogP contribution in [0.5, 0.6) is 0 Å². The van der Waals surface area contributed by atoms with Crippen LogP contribution in [0.15, 0.2) is 30.3 Å². The minimum Gasteiger partial charge on any atom is -0.310 e. The van der Waals surface area contributed by atoms with Gasteiger partial charge in [-0.25, -0.2) is 0 Å². The molecule has 0 saturated heterocycles. The molecule has 0 fully saturated rings. The van der Waals surface area contributed by atoms with Crippen molar-refractivity contribution in [2.45, 2.75) is 52.5 Å². The molecule has 0 spiro atoms. The third-order valence-electron chi connectivity index (χ3n) is 3.80. The molecule has 1 unspecified atom stereocenters. The second-order valence-corrected chi connectivity index (χ2v) is 5.51. The smallest absolute Gasteiger partial charge is 0.0705 e. The van der Waals surface area contributed by atoms with E-state index in [-0.39, 0.29) is 0 Å². The minimum atomic E-state index is 0.470.